The van der Waals surface area contributed by atoms with E-state index in [9.17, 15) is 22.8 Å². The summed E-state index contributed by atoms with van der Waals surface area (Å²) in [5, 5.41) is 2.91. The lowest BCUT2D eigenvalue weighted by molar-refractivity contribution is -0.137. The highest BCUT2D eigenvalue weighted by molar-refractivity contribution is 7.09. The Balaban J connectivity index is 1.56. The van der Waals surface area contributed by atoms with Crippen LogP contribution in [-0.2, 0) is 17.5 Å². The molecule has 0 saturated carbocycles. The van der Waals surface area contributed by atoms with Crippen LogP contribution in [0, 0.1) is 13.8 Å². The van der Waals surface area contributed by atoms with Crippen LogP contribution in [-0.4, -0.2) is 35.6 Å². The second kappa shape index (κ2) is 10.8. The monoisotopic (exact) mass is 517 g/mol. The zero-order chi connectivity index (χ0) is 25.9. The van der Waals surface area contributed by atoms with Crippen molar-refractivity contribution in [2.24, 2.45) is 4.99 Å². The van der Waals surface area contributed by atoms with Crippen molar-refractivity contribution in [1.82, 2.24) is 9.88 Å². The van der Waals surface area contributed by atoms with Gasteiger partial charge in [0.15, 0.2) is 4.80 Å². The van der Waals surface area contributed by atoms with Gasteiger partial charge in [-0.25, -0.2) is 0 Å². The van der Waals surface area contributed by atoms with Gasteiger partial charge in [0.05, 0.1) is 18.2 Å². The van der Waals surface area contributed by atoms with Crippen LogP contribution < -0.4 is 10.1 Å². The molecule has 0 spiro atoms. The number of thiazole rings is 1. The molecule has 1 N–H and O–H groups in total. The van der Waals surface area contributed by atoms with Gasteiger partial charge in [0.2, 0.25) is 0 Å². The minimum absolute atomic E-state index is 0.0441. The van der Waals surface area contributed by atoms with Crippen LogP contribution in [0.1, 0.15) is 55.3 Å². The highest BCUT2D eigenvalue weighted by atomic mass is 32.1. The number of aromatic nitrogens is 1. The fraction of sp³-hybridized carbons (Fsp3) is 0.346. The fourth-order valence-electron chi connectivity index (χ4n) is 3.96. The zero-order valence-electron chi connectivity index (χ0n) is 19.9. The summed E-state index contributed by atoms with van der Waals surface area (Å²) in [6, 6.07) is 11.4. The summed E-state index contributed by atoms with van der Waals surface area (Å²) in [4.78, 5) is 30.8. The third kappa shape index (κ3) is 6.11. The number of nitrogens with one attached hydrogen (secondary N) is 1. The van der Waals surface area contributed by atoms with Crippen molar-refractivity contribution in [3.8, 4) is 0 Å². The van der Waals surface area contributed by atoms with E-state index in [0.29, 0.717) is 23.5 Å². The molecule has 4 rings (SSSR count). The van der Waals surface area contributed by atoms with E-state index in [1.165, 1.54) is 23.5 Å². The Kier molecular flexibility index (Phi) is 7.75. The number of ether oxygens (including phenoxy) is 1. The topological polar surface area (TPSA) is 72.7 Å². The third-order valence-electron chi connectivity index (χ3n) is 6.07. The molecule has 10 heteroatoms. The minimum atomic E-state index is -4.55. The molecule has 2 heterocycles. The van der Waals surface area contributed by atoms with E-state index >= 15 is 0 Å². The van der Waals surface area contributed by atoms with E-state index in [4.69, 9.17) is 4.74 Å². The predicted octanol–water partition coefficient (Wildman–Crippen LogP) is 4.88. The Morgan fingerprint density at radius 1 is 1.14 bits per heavy atom. The van der Waals surface area contributed by atoms with Crippen molar-refractivity contribution in [2.75, 3.05) is 13.2 Å². The quantitative estimate of drug-likeness (QED) is 0.507. The summed E-state index contributed by atoms with van der Waals surface area (Å²) in [7, 11) is 0. The molecule has 2 amide bonds. The van der Waals surface area contributed by atoms with E-state index in [0.717, 1.165) is 47.7 Å². The maximum absolute atomic E-state index is 13.1. The lowest BCUT2D eigenvalue weighted by atomic mass is 10.1. The first-order valence-electron chi connectivity index (χ1n) is 11.5. The largest absolute Gasteiger partial charge is 0.416 e. The molecule has 1 aliphatic rings. The lowest BCUT2D eigenvalue weighted by Crippen LogP contribution is -2.31. The third-order valence-corrected chi connectivity index (χ3v) is 7.16. The number of aryl methyl sites for hydroxylation is 1. The van der Waals surface area contributed by atoms with Crippen LogP contribution in [0.5, 0.6) is 0 Å². The molecule has 190 valence electrons. The molecule has 36 heavy (non-hydrogen) atoms. The van der Waals surface area contributed by atoms with Crippen molar-refractivity contribution in [3.63, 3.8) is 0 Å². The molecule has 1 fully saturated rings. The van der Waals surface area contributed by atoms with Crippen molar-refractivity contribution < 1.29 is 27.5 Å². The summed E-state index contributed by atoms with van der Waals surface area (Å²) >= 11 is 1.29. The summed E-state index contributed by atoms with van der Waals surface area (Å²) in [5.74, 6) is -0.946. The van der Waals surface area contributed by atoms with Crippen LogP contribution in [0.3, 0.4) is 0 Å². The average Bonchev–Trinajstić information content (AvgIpc) is 3.46. The summed E-state index contributed by atoms with van der Waals surface area (Å²) in [6.07, 6.45) is -2.58. The molecular formula is C26H26F3N3O3S. The maximum Gasteiger partial charge on any atom is 0.416 e. The van der Waals surface area contributed by atoms with Gasteiger partial charge in [0.25, 0.3) is 11.8 Å². The molecule has 0 aliphatic carbocycles. The van der Waals surface area contributed by atoms with Gasteiger partial charge in [-0.1, -0.05) is 18.2 Å². The first-order valence-corrected chi connectivity index (χ1v) is 12.4. The average molecular weight is 518 g/mol. The highest BCUT2D eigenvalue weighted by Crippen LogP contribution is 2.29. The van der Waals surface area contributed by atoms with Crippen LogP contribution in [0.4, 0.5) is 13.2 Å². The molecule has 0 unspecified atom stereocenters. The number of halogens is 3. The van der Waals surface area contributed by atoms with Crippen molar-refractivity contribution in [3.05, 3.63) is 86.2 Å². The molecule has 0 radical (unpaired) electrons. The van der Waals surface area contributed by atoms with Gasteiger partial charge in [0.1, 0.15) is 0 Å². The van der Waals surface area contributed by atoms with Gasteiger partial charge >= 0.3 is 6.18 Å². The van der Waals surface area contributed by atoms with Crippen molar-refractivity contribution in [1.29, 1.82) is 0 Å². The first kappa shape index (κ1) is 25.8. The fourth-order valence-corrected chi connectivity index (χ4v) is 4.93. The number of amides is 2. The number of carbonyl (C=O) groups is 2. The smallest absolute Gasteiger partial charge is 0.376 e. The highest BCUT2D eigenvalue weighted by Gasteiger charge is 2.31. The molecule has 1 atom stereocenters. The van der Waals surface area contributed by atoms with Crippen LogP contribution >= 0.6 is 11.3 Å². The summed E-state index contributed by atoms with van der Waals surface area (Å²) in [5.41, 5.74) is 1.18. The SMILES string of the molecule is Cc1sc(=NC(=O)c2cccc(C(F)(F)F)c2)n(Cc2cccc(C(=O)NC[C@@H]3CCCO3)c2)c1C. The molecular weight excluding hydrogens is 491 g/mol. The number of rotatable bonds is 6. The molecule has 1 aromatic heterocycles. The zero-order valence-corrected chi connectivity index (χ0v) is 20.7. The van der Waals surface area contributed by atoms with E-state index in [2.05, 4.69) is 10.3 Å². The summed E-state index contributed by atoms with van der Waals surface area (Å²) < 4.78 is 46.6. The van der Waals surface area contributed by atoms with Crippen LogP contribution in [0.2, 0.25) is 0 Å². The van der Waals surface area contributed by atoms with Gasteiger partial charge in [-0.3, -0.25) is 9.59 Å². The van der Waals surface area contributed by atoms with Crippen LogP contribution in [0.15, 0.2) is 53.5 Å². The molecule has 0 bridgehead atoms. The second-order valence-corrected chi connectivity index (χ2v) is 9.83. The van der Waals surface area contributed by atoms with E-state index in [1.807, 2.05) is 24.5 Å². The lowest BCUT2D eigenvalue weighted by Gasteiger charge is -2.12. The van der Waals surface area contributed by atoms with Gasteiger partial charge < -0.3 is 14.6 Å². The Hall–Kier alpha value is -3.24. The normalized spacial score (nSPS) is 16.4. The van der Waals surface area contributed by atoms with Crippen molar-refractivity contribution >= 4 is 23.2 Å². The minimum Gasteiger partial charge on any atom is -0.376 e. The maximum atomic E-state index is 13.1. The van der Waals surface area contributed by atoms with Crippen LogP contribution in [0.25, 0.3) is 0 Å². The molecule has 1 saturated heterocycles. The standard InChI is InChI=1S/C26H26F3N3O3S/c1-16-17(2)36-25(31-24(34)20-8-4-9-21(13-20)26(27,28)29)32(16)15-18-6-3-7-19(12-18)23(33)30-14-22-10-5-11-35-22/h3-4,6-9,12-13,22H,5,10-11,14-15H2,1-2H3,(H,30,33)/t22-/m0/s1. The second-order valence-electron chi connectivity index (χ2n) is 8.65. The number of benzene rings is 2. The number of hydrogen-bond donors (Lipinski definition) is 1. The number of carbonyl (C=O) groups excluding carboxylic acids is 2. The Morgan fingerprint density at radius 2 is 1.89 bits per heavy atom. The van der Waals surface area contributed by atoms with Gasteiger partial charge in [-0.05, 0) is 62.6 Å². The Bertz CT molecular complexity index is 1340. The van der Waals surface area contributed by atoms with E-state index in [1.54, 1.807) is 18.2 Å². The first-order chi connectivity index (χ1) is 17.1. The molecule has 3 aromatic rings. The molecule has 1 aliphatic heterocycles. The Labute approximate surface area is 210 Å². The Morgan fingerprint density at radius 3 is 2.61 bits per heavy atom. The number of alkyl halides is 3. The van der Waals surface area contributed by atoms with Crippen molar-refractivity contribution in [2.45, 2.75) is 45.5 Å². The predicted molar refractivity (Wildman–Crippen MR) is 130 cm³/mol. The molecule has 6 nitrogen and oxygen atoms in total. The number of nitrogens with zero attached hydrogens (tertiary/aromatic N) is 2. The van der Waals surface area contributed by atoms with Gasteiger partial charge in [0, 0.05) is 34.8 Å². The molecule has 2 aromatic carbocycles. The summed E-state index contributed by atoms with van der Waals surface area (Å²) in [6.45, 7) is 5.30. The van der Waals surface area contributed by atoms with Gasteiger partial charge in [-0.15, -0.1) is 11.3 Å². The number of hydrogen-bond acceptors (Lipinski definition) is 4. The van der Waals surface area contributed by atoms with E-state index in [-0.39, 0.29) is 17.6 Å². The van der Waals surface area contributed by atoms with E-state index < -0.39 is 17.6 Å². The van der Waals surface area contributed by atoms with Gasteiger partial charge in [-0.2, -0.15) is 18.2 Å².